The lowest BCUT2D eigenvalue weighted by atomic mass is 10.2. The molecule has 2 atom stereocenters. The van der Waals surface area contributed by atoms with Crippen LogP contribution < -0.4 is 4.72 Å². The van der Waals surface area contributed by atoms with Crippen molar-refractivity contribution < 1.29 is 9.29 Å². The molecular formula is C10H21NO2S. The SMILES string of the molecule is C=C[C@@H](CCOC)N[S+]([O-])C(C)(C)C. The molecule has 0 aliphatic carbocycles. The van der Waals surface area contributed by atoms with Gasteiger partial charge < -0.3 is 9.29 Å². The molecule has 0 heterocycles. The predicted octanol–water partition coefficient (Wildman–Crippen LogP) is 1.63. The molecule has 0 amide bonds. The summed E-state index contributed by atoms with van der Waals surface area (Å²) in [7, 11) is 1.65. The molecule has 0 saturated heterocycles. The first-order valence-electron chi connectivity index (χ1n) is 4.71. The van der Waals surface area contributed by atoms with Crippen LogP contribution in [0, 0.1) is 0 Å². The second-order valence-electron chi connectivity index (χ2n) is 4.12. The van der Waals surface area contributed by atoms with Gasteiger partial charge in [-0.3, -0.25) is 0 Å². The predicted molar refractivity (Wildman–Crippen MR) is 61.5 cm³/mol. The zero-order chi connectivity index (χ0) is 11.2. The molecule has 0 aliphatic rings. The van der Waals surface area contributed by atoms with Gasteiger partial charge in [0, 0.05) is 25.1 Å². The summed E-state index contributed by atoms with van der Waals surface area (Å²) in [6, 6.07) is 0.0509. The largest absolute Gasteiger partial charge is 0.598 e. The van der Waals surface area contributed by atoms with Gasteiger partial charge in [-0.05, 0) is 27.2 Å². The Bertz CT molecular complexity index is 168. The van der Waals surface area contributed by atoms with Crippen molar-refractivity contribution >= 4 is 11.4 Å². The monoisotopic (exact) mass is 219 g/mol. The van der Waals surface area contributed by atoms with Crippen molar-refractivity contribution in [1.82, 2.24) is 4.72 Å². The van der Waals surface area contributed by atoms with E-state index >= 15 is 0 Å². The summed E-state index contributed by atoms with van der Waals surface area (Å²) in [6.45, 7) is 10.2. The Morgan fingerprint density at radius 2 is 2.14 bits per heavy atom. The van der Waals surface area contributed by atoms with Crippen LogP contribution in [0.4, 0.5) is 0 Å². The highest BCUT2D eigenvalue weighted by atomic mass is 32.2. The lowest BCUT2D eigenvalue weighted by Gasteiger charge is -2.26. The first kappa shape index (κ1) is 14.0. The average Bonchev–Trinajstić information content (AvgIpc) is 2.10. The third-order valence-electron chi connectivity index (χ3n) is 1.73. The van der Waals surface area contributed by atoms with Gasteiger partial charge >= 0.3 is 0 Å². The zero-order valence-electron chi connectivity index (χ0n) is 9.50. The third kappa shape index (κ3) is 5.65. The number of nitrogens with one attached hydrogen (secondary N) is 1. The summed E-state index contributed by atoms with van der Waals surface area (Å²) in [5.41, 5.74) is 0. The van der Waals surface area contributed by atoms with Crippen molar-refractivity contribution in [1.29, 1.82) is 0 Å². The van der Waals surface area contributed by atoms with E-state index in [1.165, 1.54) is 0 Å². The maximum atomic E-state index is 11.7. The van der Waals surface area contributed by atoms with Gasteiger partial charge in [-0.25, -0.2) is 0 Å². The van der Waals surface area contributed by atoms with E-state index in [0.29, 0.717) is 6.61 Å². The van der Waals surface area contributed by atoms with Gasteiger partial charge in [0.2, 0.25) is 0 Å². The topological polar surface area (TPSA) is 44.3 Å². The first-order valence-corrected chi connectivity index (χ1v) is 5.86. The van der Waals surface area contributed by atoms with E-state index in [1.807, 2.05) is 20.8 Å². The zero-order valence-corrected chi connectivity index (χ0v) is 10.3. The molecule has 84 valence electrons. The molecule has 0 radical (unpaired) electrons. The minimum Gasteiger partial charge on any atom is -0.598 e. The van der Waals surface area contributed by atoms with Gasteiger partial charge in [0.1, 0.15) is 4.75 Å². The summed E-state index contributed by atoms with van der Waals surface area (Å²) < 4.78 is 19.4. The summed E-state index contributed by atoms with van der Waals surface area (Å²) in [5.74, 6) is 0. The number of hydrogen-bond acceptors (Lipinski definition) is 3. The van der Waals surface area contributed by atoms with Gasteiger partial charge in [-0.1, -0.05) is 6.08 Å². The minimum absolute atomic E-state index is 0.0509. The molecule has 0 aliphatic heterocycles. The van der Waals surface area contributed by atoms with Crippen LogP contribution >= 0.6 is 0 Å². The molecule has 0 bridgehead atoms. The molecule has 0 saturated carbocycles. The average molecular weight is 219 g/mol. The Morgan fingerprint density at radius 3 is 2.50 bits per heavy atom. The van der Waals surface area contributed by atoms with E-state index in [9.17, 15) is 4.55 Å². The van der Waals surface area contributed by atoms with Crippen LogP contribution in [0.1, 0.15) is 27.2 Å². The van der Waals surface area contributed by atoms with Crippen LogP contribution in [-0.4, -0.2) is 29.1 Å². The quantitative estimate of drug-likeness (QED) is 0.545. The molecule has 0 aromatic rings. The highest BCUT2D eigenvalue weighted by Crippen LogP contribution is 2.14. The fourth-order valence-corrected chi connectivity index (χ4v) is 1.63. The molecule has 3 nitrogen and oxygen atoms in total. The number of hydrogen-bond donors (Lipinski definition) is 1. The molecule has 1 unspecified atom stereocenters. The fraction of sp³-hybridized carbons (Fsp3) is 0.800. The van der Waals surface area contributed by atoms with E-state index < -0.39 is 11.4 Å². The van der Waals surface area contributed by atoms with Crippen LogP contribution in [0.3, 0.4) is 0 Å². The highest BCUT2D eigenvalue weighted by Gasteiger charge is 2.28. The maximum absolute atomic E-state index is 11.7. The smallest absolute Gasteiger partial charge is 0.136 e. The van der Waals surface area contributed by atoms with Crippen molar-refractivity contribution in [2.75, 3.05) is 13.7 Å². The summed E-state index contributed by atoms with van der Waals surface area (Å²) in [6.07, 6.45) is 2.56. The molecule has 1 N–H and O–H groups in total. The number of methoxy groups -OCH3 is 1. The lowest BCUT2D eigenvalue weighted by molar-refractivity contribution is 0.190. The molecule has 14 heavy (non-hydrogen) atoms. The first-order chi connectivity index (χ1) is 6.41. The fourth-order valence-electron chi connectivity index (χ4n) is 0.784. The molecular weight excluding hydrogens is 198 g/mol. The summed E-state index contributed by atoms with van der Waals surface area (Å²) in [5, 5.41) is 0. The number of ether oxygens (including phenoxy) is 1. The van der Waals surface area contributed by atoms with E-state index in [0.717, 1.165) is 6.42 Å². The molecule has 0 aromatic carbocycles. The summed E-state index contributed by atoms with van der Waals surface area (Å²) in [4.78, 5) is 0. The van der Waals surface area contributed by atoms with Crippen LogP contribution in [-0.2, 0) is 16.1 Å². The van der Waals surface area contributed by atoms with E-state index in [-0.39, 0.29) is 10.8 Å². The molecule has 0 spiro atoms. The van der Waals surface area contributed by atoms with Gasteiger partial charge in [0.05, 0.1) is 6.04 Å². The molecule has 4 heteroatoms. The van der Waals surface area contributed by atoms with Gasteiger partial charge in [0.25, 0.3) is 0 Å². The Morgan fingerprint density at radius 1 is 1.57 bits per heavy atom. The van der Waals surface area contributed by atoms with Crippen molar-refractivity contribution in [3.63, 3.8) is 0 Å². The molecule has 0 aromatic heterocycles. The normalized spacial score (nSPS) is 16.4. The second kappa shape index (κ2) is 6.45. The standard InChI is InChI=1S/C10H21NO2S/c1-6-9(7-8-13-5)11-14(12)10(2,3)4/h6,9,11H,1,7-8H2,2-5H3/t9-,14?/m0/s1. The van der Waals surface area contributed by atoms with Crippen LogP contribution in [0.25, 0.3) is 0 Å². The molecule has 0 fully saturated rings. The highest BCUT2D eigenvalue weighted by molar-refractivity contribution is 7.90. The van der Waals surface area contributed by atoms with E-state index in [2.05, 4.69) is 11.3 Å². The van der Waals surface area contributed by atoms with E-state index in [4.69, 9.17) is 4.74 Å². The van der Waals surface area contributed by atoms with Crippen molar-refractivity contribution in [2.45, 2.75) is 38.0 Å². The van der Waals surface area contributed by atoms with E-state index in [1.54, 1.807) is 13.2 Å². The van der Waals surface area contributed by atoms with Crippen LogP contribution in [0.15, 0.2) is 12.7 Å². The van der Waals surface area contributed by atoms with Gasteiger partial charge in [-0.2, -0.15) is 0 Å². The Hall–Kier alpha value is -0.0300. The maximum Gasteiger partial charge on any atom is 0.136 e. The minimum atomic E-state index is -1.05. The van der Waals surface area contributed by atoms with Crippen LogP contribution in [0.2, 0.25) is 0 Å². The Balaban J connectivity index is 3.98. The second-order valence-corrected chi connectivity index (χ2v) is 6.12. The van der Waals surface area contributed by atoms with Crippen LogP contribution in [0.5, 0.6) is 0 Å². The van der Waals surface area contributed by atoms with Gasteiger partial charge in [0.15, 0.2) is 0 Å². The van der Waals surface area contributed by atoms with Crippen molar-refractivity contribution in [3.05, 3.63) is 12.7 Å². The Labute approximate surface area is 90.2 Å². The Kier molecular flexibility index (Phi) is 6.44. The third-order valence-corrected chi connectivity index (χ3v) is 3.36. The molecule has 0 rings (SSSR count). The van der Waals surface area contributed by atoms with Gasteiger partial charge in [-0.15, -0.1) is 11.3 Å². The number of rotatable bonds is 6. The van der Waals surface area contributed by atoms with Crippen molar-refractivity contribution in [3.8, 4) is 0 Å². The lowest BCUT2D eigenvalue weighted by Crippen LogP contribution is -2.44. The van der Waals surface area contributed by atoms with Crippen molar-refractivity contribution in [2.24, 2.45) is 0 Å². The summed E-state index contributed by atoms with van der Waals surface area (Å²) >= 11 is -1.05.